The first-order chi connectivity index (χ1) is 7.13. The molecule has 1 heterocycles. The van der Waals surface area contributed by atoms with Crippen molar-refractivity contribution in [2.75, 3.05) is 7.05 Å². The van der Waals surface area contributed by atoms with Crippen molar-refractivity contribution in [3.8, 4) is 0 Å². The van der Waals surface area contributed by atoms with Crippen LogP contribution in [0.2, 0.25) is 0 Å². The van der Waals surface area contributed by atoms with Crippen LogP contribution in [0.15, 0.2) is 18.3 Å². The topological polar surface area (TPSA) is 16.1 Å². The third-order valence-corrected chi connectivity index (χ3v) is 2.85. The van der Waals surface area contributed by atoms with Gasteiger partial charge in [0, 0.05) is 70.7 Å². The number of aryl methyl sites for hydroxylation is 2. The van der Waals surface area contributed by atoms with Crippen LogP contribution in [-0.4, -0.2) is 23.0 Å². The first-order valence-corrected chi connectivity index (χ1v) is 5.60. The molecule has 1 aromatic heterocycles. The van der Waals surface area contributed by atoms with E-state index in [0.29, 0.717) is 6.04 Å². The molecule has 1 rings (SSSR count). The van der Waals surface area contributed by atoms with Crippen molar-refractivity contribution >= 4 is 0 Å². The van der Waals surface area contributed by atoms with Gasteiger partial charge in [0.25, 0.3) is 0 Å². The zero-order valence-corrected chi connectivity index (χ0v) is 14.4. The van der Waals surface area contributed by atoms with E-state index in [0.717, 1.165) is 19.3 Å². The van der Waals surface area contributed by atoms with Crippen molar-refractivity contribution in [3.05, 3.63) is 36.6 Å². The van der Waals surface area contributed by atoms with E-state index < -0.39 is 0 Å². The maximum absolute atomic E-state index is 4.39. The van der Waals surface area contributed by atoms with E-state index in [2.05, 4.69) is 38.0 Å². The molecule has 98 valence electrons. The Balaban J connectivity index is 0. The monoisotopic (exact) mass is 429 g/mol. The Kier molecular flexibility index (Phi) is 13.1. The molecule has 0 bridgehead atoms. The summed E-state index contributed by atoms with van der Waals surface area (Å²) in [7, 11) is 5.91. The van der Waals surface area contributed by atoms with Crippen molar-refractivity contribution in [1.29, 1.82) is 0 Å². The molecule has 17 heavy (non-hydrogen) atoms. The first kappa shape index (κ1) is 20.4. The Bertz CT molecular complexity index is 288. The van der Waals surface area contributed by atoms with E-state index in [-0.39, 0.29) is 58.8 Å². The molecular formula is C13H21ArN2W-. The zero-order valence-electron chi connectivity index (χ0n) is 10.8. The van der Waals surface area contributed by atoms with Gasteiger partial charge in [-0.25, -0.2) is 0 Å². The average Bonchev–Trinajstić information content (AvgIpc) is 2.26. The van der Waals surface area contributed by atoms with E-state index in [1.165, 1.54) is 11.3 Å². The molecule has 0 N–H and O–H groups in total. The molecule has 0 amide bonds. The van der Waals surface area contributed by atoms with Crippen LogP contribution in [0.1, 0.15) is 31.5 Å². The van der Waals surface area contributed by atoms with Gasteiger partial charge in [-0.15, -0.1) is 0 Å². The van der Waals surface area contributed by atoms with Gasteiger partial charge in [0.2, 0.25) is 0 Å². The second-order valence-electron chi connectivity index (χ2n) is 4.16. The van der Waals surface area contributed by atoms with Gasteiger partial charge >= 0.3 is 0 Å². The van der Waals surface area contributed by atoms with Gasteiger partial charge in [-0.05, 0) is 44.0 Å². The molecule has 0 radical (unpaired) electrons. The summed E-state index contributed by atoms with van der Waals surface area (Å²) < 4.78 is 0. The molecule has 0 fully saturated rings. The summed E-state index contributed by atoms with van der Waals surface area (Å²) in [5.41, 5.74) is 2.49. The standard InChI is InChI=1S/C13H21N2.Ar.W/c1-5-13-9-8-12(10-14-13)7-6-11(2)15(3)4;;/h8-11H,3,5-7H2,1-2,4H3;;/q-1;;. The summed E-state index contributed by atoms with van der Waals surface area (Å²) >= 11 is 0. The van der Waals surface area contributed by atoms with Crippen LogP contribution < -0.4 is 0 Å². The van der Waals surface area contributed by atoms with Crippen LogP contribution in [0.25, 0.3) is 0 Å². The maximum atomic E-state index is 4.39. The molecule has 0 aromatic carbocycles. The number of aromatic nitrogens is 1. The second kappa shape index (κ2) is 10.9. The van der Waals surface area contributed by atoms with Gasteiger partial charge in [-0.1, -0.05) is 19.9 Å². The summed E-state index contributed by atoms with van der Waals surface area (Å²) in [6.07, 6.45) is 5.22. The summed E-state index contributed by atoms with van der Waals surface area (Å²) in [5.74, 6) is 0. The van der Waals surface area contributed by atoms with E-state index in [9.17, 15) is 0 Å². The van der Waals surface area contributed by atoms with Crippen molar-refractivity contribution in [1.82, 2.24) is 9.88 Å². The van der Waals surface area contributed by atoms with Gasteiger partial charge in [0.1, 0.15) is 0 Å². The Morgan fingerprint density at radius 2 is 2.06 bits per heavy atom. The van der Waals surface area contributed by atoms with Gasteiger partial charge in [0.15, 0.2) is 0 Å². The summed E-state index contributed by atoms with van der Waals surface area (Å²) in [5, 5.41) is 0. The van der Waals surface area contributed by atoms with Crippen LogP contribution in [0.3, 0.4) is 0 Å². The number of nitrogens with zero attached hydrogens (tertiary/aromatic N) is 2. The predicted octanol–water partition coefficient (Wildman–Crippen LogP) is 2.69. The molecule has 1 atom stereocenters. The van der Waals surface area contributed by atoms with Crippen LogP contribution in [-0.2, 0) is 33.9 Å². The third-order valence-electron chi connectivity index (χ3n) is 2.85. The first-order valence-electron chi connectivity index (χ1n) is 5.60. The molecule has 0 aliphatic carbocycles. The van der Waals surface area contributed by atoms with Crippen molar-refractivity contribution in [2.24, 2.45) is 0 Å². The average molecular weight is 429 g/mol. The van der Waals surface area contributed by atoms with Gasteiger partial charge in [-0.2, -0.15) is 0 Å². The van der Waals surface area contributed by atoms with Crippen molar-refractivity contribution in [2.45, 2.75) is 39.2 Å². The summed E-state index contributed by atoms with van der Waals surface area (Å²) in [6.45, 7) is 4.32. The van der Waals surface area contributed by atoms with Crippen molar-refractivity contribution < 1.29 is 58.8 Å². The fraction of sp³-hybridized carbons (Fsp3) is 0.538. The molecule has 1 unspecified atom stereocenters. The molecule has 1 aromatic rings. The fourth-order valence-electron chi connectivity index (χ4n) is 1.41. The minimum Gasteiger partial charge on any atom is -0.459 e. The van der Waals surface area contributed by atoms with Gasteiger partial charge in [0.05, 0.1) is 0 Å². The number of hydrogen-bond donors (Lipinski definition) is 0. The molecular weight excluding hydrogens is 408 g/mol. The van der Waals surface area contributed by atoms with E-state index in [1.807, 2.05) is 18.1 Å². The SMILES string of the molecule is [Ar].[CH2-]N(C)C(C)CCc1ccc(CC)nc1.[W]. The third kappa shape index (κ3) is 7.95. The van der Waals surface area contributed by atoms with Crippen molar-refractivity contribution in [3.63, 3.8) is 0 Å². The Morgan fingerprint density at radius 3 is 2.47 bits per heavy atom. The molecule has 2 nitrogen and oxygen atoms in total. The van der Waals surface area contributed by atoms with E-state index >= 15 is 0 Å². The minimum absolute atomic E-state index is 0. The van der Waals surface area contributed by atoms with Crippen LogP contribution in [0, 0.1) is 44.8 Å². The largest absolute Gasteiger partial charge is 0.459 e. The van der Waals surface area contributed by atoms with Crippen LogP contribution >= 0.6 is 0 Å². The Hall–Kier alpha value is 1.06. The van der Waals surface area contributed by atoms with E-state index in [4.69, 9.17) is 0 Å². The molecule has 0 spiro atoms. The normalized spacial score (nSPS) is 11.6. The Morgan fingerprint density at radius 1 is 1.41 bits per heavy atom. The summed E-state index contributed by atoms with van der Waals surface area (Å²) in [6, 6.07) is 4.83. The molecule has 0 aliphatic rings. The smallest absolute Gasteiger partial charge is 0.0401 e. The molecule has 0 aliphatic heterocycles. The molecule has 0 saturated carbocycles. The Labute approximate surface area is 150 Å². The number of rotatable bonds is 5. The van der Waals surface area contributed by atoms with Gasteiger partial charge < -0.3 is 4.90 Å². The number of hydrogen-bond acceptors (Lipinski definition) is 2. The quantitative estimate of drug-likeness (QED) is 0.670. The predicted molar refractivity (Wildman–Crippen MR) is 64.5 cm³/mol. The second-order valence-corrected chi connectivity index (χ2v) is 4.16. The summed E-state index contributed by atoms with van der Waals surface area (Å²) in [4.78, 5) is 6.40. The minimum atomic E-state index is 0. The fourth-order valence-corrected chi connectivity index (χ4v) is 1.41. The van der Waals surface area contributed by atoms with Crippen LogP contribution in [0.5, 0.6) is 0 Å². The molecule has 0 saturated heterocycles. The number of pyridine rings is 1. The zero-order chi connectivity index (χ0) is 11.3. The van der Waals surface area contributed by atoms with Crippen LogP contribution in [0.4, 0.5) is 0 Å². The van der Waals surface area contributed by atoms with E-state index in [1.54, 1.807) is 0 Å². The van der Waals surface area contributed by atoms with Gasteiger partial charge in [-0.3, -0.25) is 12.0 Å². The maximum Gasteiger partial charge on any atom is 0.0401 e. The molecule has 4 heteroatoms.